The highest BCUT2D eigenvalue weighted by Gasteiger charge is 2.39. The molecule has 3 heterocycles. The number of aromatic amines is 1. The average Bonchev–Trinajstić information content (AvgIpc) is 2.80. The zero-order valence-electron chi connectivity index (χ0n) is 9.56. The summed E-state index contributed by atoms with van der Waals surface area (Å²) in [4.78, 5) is 27.7. The number of nitrogen functional groups attached to an aromatic ring is 1. The standard InChI is InChI=1S/C11H16N4O2/c12-9-6-10(16)13-11(17)15(9)8-3-5-14-4-1-2-7(8)14/h6-8H,1-5,12H2,(H,13,16,17). The van der Waals surface area contributed by atoms with Crippen molar-refractivity contribution in [3.05, 3.63) is 26.9 Å². The van der Waals surface area contributed by atoms with Gasteiger partial charge in [0.05, 0.1) is 6.04 Å². The second-order valence-corrected chi connectivity index (χ2v) is 4.84. The van der Waals surface area contributed by atoms with Crippen LogP contribution < -0.4 is 17.0 Å². The van der Waals surface area contributed by atoms with Gasteiger partial charge < -0.3 is 5.73 Å². The van der Waals surface area contributed by atoms with Gasteiger partial charge in [-0.25, -0.2) is 4.79 Å². The number of fused-ring (bicyclic) bond motifs is 1. The van der Waals surface area contributed by atoms with Crippen molar-refractivity contribution in [3.8, 4) is 0 Å². The summed E-state index contributed by atoms with van der Waals surface area (Å²) in [5.41, 5.74) is 5.00. The Hall–Kier alpha value is -1.56. The van der Waals surface area contributed by atoms with Crippen LogP contribution in [0.4, 0.5) is 5.82 Å². The van der Waals surface area contributed by atoms with Crippen molar-refractivity contribution >= 4 is 5.82 Å². The first-order valence-corrected chi connectivity index (χ1v) is 6.02. The van der Waals surface area contributed by atoms with E-state index in [1.165, 1.54) is 12.5 Å². The number of nitrogens with one attached hydrogen (secondary N) is 1. The summed E-state index contributed by atoms with van der Waals surface area (Å²) < 4.78 is 1.55. The summed E-state index contributed by atoms with van der Waals surface area (Å²) in [6.07, 6.45) is 3.22. The molecule has 6 heteroatoms. The molecule has 0 bridgehead atoms. The van der Waals surface area contributed by atoms with Gasteiger partial charge in [-0.1, -0.05) is 0 Å². The molecule has 0 aromatic carbocycles. The van der Waals surface area contributed by atoms with E-state index in [9.17, 15) is 9.59 Å². The van der Waals surface area contributed by atoms with Crippen LogP contribution in [-0.2, 0) is 0 Å². The maximum Gasteiger partial charge on any atom is 0.330 e. The maximum absolute atomic E-state index is 11.8. The van der Waals surface area contributed by atoms with Crippen molar-refractivity contribution in [1.29, 1.82) is 0 Å². The molecule has 2 aliphatic heterocycles. The first kappa shape index (κ1) is 10.6. The fraction of sp³-hybridized carbons (Fsp3) is 0.636. The van der Waals surface area contributed by atoms with Crippen molar-refractivity contribution in [2.45, 2.75) is 31.3 Å². The highest BCUT2D eigenvalue weighted by Crippen LogP contribution is 2.35. The van der Waals surface area contributed by atoms with Crippen LogP contribution in [0.5, 0.6) is 0 Å². The zero-order valence-corrected chi connectivity index (χ0v) is 9.56. The molecule has 0 radical (unpaired) electrons. The monoisotopic (exact) mass is 236 g/mol. The van der Waals surface area contributed by atoms with E-state index in [2.05, 4.69) is 9.88 Å². The molecule has 17 heavy (non-hydrogen) atoms. The third-order valence-electron chi connectivity index (χ3n) is 3.91. The first-order chi connectivity index (χ1) is 8.16. The Kier molecular flexibility index (Phi) is 2.32. The van der Waals surface area contributed by atoms with Crippen LogP contribution in [0.1, 0.15) is 25.3 Å². The van der Waals surface area contributed by atoms with Crippen molar-refractivity contribution in [2.75, 3.05) is 18.8 Å². The van der Waals surface area contributed by atoms with E-state index in [-0.39, 0.29) is 17.5 Å². The third kappa shape index (κ3) is 1.59. The molecular weight excluding hydrogens is 220 g/mol. The Morgan fingerprint density at radius 2 is 2.06 bits per heavy atom. The molecular formula is C11H16N4O2. The minimum atomic E-state index is -0.426. The lowest BCUT2D eigenvalue weighted by Gasteiger charge is -2.23. The Morgan fingerprint density at radius 1 is 1.24 bits per heavy atom. The number of nitrogens with zero attached hydrogens (tertiary/aromatic N) is 2. The van der Waals surface area contributed by atoms with Crippen molar-refractivity contribution in [3.63, 3.8) is 0 Å². The van der Waals surface area contributed by atoms with Crippen LogP contribution in [0.3, 0.4) is 0 Å². The normalized spacial score (nSPS) is 28.5. The van der Waals surface area contributed by atoms with Crippen LogP contribution in [-0.4, -0.2) is 33.6 Å². The second-order valence-electron chi connectivity index (χ2n) is 4.84. The molecule has 3 rings (SSSR count). The Morgan fingerprint density at radius 3 is 2.82 bits per heavy atom. The minimum Gasteiger partial charge on any atom is -0.385 e. The minimum absolute atomic E-state index is 0.113. The SMILES string of the molecule is Nc1cc(=O)[nH]c(=O)n1C1CCN2CCCC12. The Balaban J connectivity index is 2.05. The van der Waals surface area contributed by atoms with Crippen LogP contribution in [0, 0.1) is 0 Å². The molecule has 92 valence electrons. The van der Waals surface area contributed by atoms with E-state index < -0.39 is 5.56 Å². The molecule has 1 aromatic heterocycles. The van der Waals surface area contributed by atoms with Crippen molar-refractivity contribution in [2.24, 2.45) is 0 Å². The molecule has 0 spiro atoms. The average molecular weight is 236 g/mol. The van der Waals surface area contributed by atoms with Gasteiger partial charge in [0.15, 0.2) is 0 Å². The highest BCUT2D eigenvalue weighted by atomic mass is 16.2. The van der Waals surface area contributed by atoms with Crippen LogP contribution >= 0.6 is 0 Å². The van der Waals surface area contributed by atoms with E-state index in [0.29, 0.717) is 6.04 Å². The fourth-order valence-electron chi connectivity index (χ4n) is 3.22. The van der Waals surface area contributed by atoms with E-state index in [0.717, 1.165) is 25.9 Å². The molecule has 2 atom stereocenters. The Labute approximate surface area is 98.0 Å². The van der Waals surface area contributed by atoms with Gasteiger partial charge in [-0.05, 0) is 25.8 Å². The zero-order chi connectivity index (χ0) is 12.0. The summed E-state index contributed by atoms with van der Waals surface area (Å²) in [5.74, 6) is 0.275. The lowest BCUT2D eigenvalue weighted by molar-refractivity contribution is 0.288. The fourth-order valence-corrected chi connectivity index (χ4v) is 3.22. The van der Waals surface area contributed by atoms with Gasteiger partial charge >= 0.3 is 5.69 Å². The predicted octanol–water partition coefficient (Wildman–Crippen LogP) is -0.472. The molecule has 6 nitrogen and oxygen atoms in total. The highest BCUT2D eigenvalue weighted by molar-refractivity contribution is 5.28. The Bertz CT molecular complexity index is 547. The number of rotatable bonds is 1. The van der Waals surface area contributed by atoms with Gasteiger partial charge in [0.1, 0.15) is 5.82 Å². The molecule has 0 amide bonds. The number of H-pyrrole nitrogens is 1. The van der Waals surface area contributed by atoms with Crippen LogP contribution in [0.15, 0.2) is 15.7 Å². The van der Waals surface area contributed by atoms with E-state index >= 15 is 0 Å². The number of anilines is 1. The van der Waals surface area contributed by atoms with E-state index in [1.54, 1.807) is 4.57 Å². The first-order valence-electron chi connectivity index (χ1n) is 6.02. The molecule has 2 aliphatic rings. The van der Waals surface area contributed by atoms with Crippen LogP contribution in [0.2, 0.25) is 0 Å². The largest absolute Gasteiger partial charge is 0.385 e. The number of aromatic nitrogens is 2. The molecule has 3 N–H and O–H groups in total. The summed E-state index contributed by atoms with van der Waals surface area (Å²) >= 11 is 0. The van der Waals surface area contributed by atoms with Crippen molar-refractivity contribution in [1.82, 2.24) is 14.5 Å². The lowest BCUT2D eigenvalue weighted by atomic mass is 10.1. The molecule has 2 saturated heterocycles. The lowest BCUT2D eigenvalue weighted by Crippen LogP contribution is -2.38. The molecule has 0 saturated carbocycles. The quantitative estimate of drug-likeness (QED) is 0.690. The topological polar surface area (TPSA) is 84.1 Å². The summed E-state index contributed by atoms with van der Waals surface area (Å²) in [7, 11) is 0. The summed E-state index contributed by atoms with van der Waals surface area (Å²) in [6, 6.07) is 1.81. The van der Waals surface area contributed by atoms with Crippen molar-refractivity contribution < 1.29 is 0 Å². The number of hydrogen-bond acceptors (Lipinski definition) is 4. The van der Waals surface area contributed by atoms with Gasteiger partial charge in [-0.15, -0.1) is 0 Å². The molecule has 0 aliphatic carbocycles. The van der Waals surface area contributed by atoms with Gasteiger partial charge in [0.2, 0.25) is 0 Å². The smallest absolute Gasteiger partial charge is 0.330 e. The molecule has 2 unspecified atom stereocenters. The molecule has 1 aromatic rings. The number of hydrogen-bond donors (Lipinski definition) is 2. The summed E-state index contributed by atoms with van der Waals surface area (Å²) in [6.45, 7) is 2.12. The van der Waals surface area contributed by atoms with Crippen LogP contribution in [0.25, 0.3) is 0 Å². The second kappa shape index (κ2) is 3.73. The van der Waals surface area contributed by atoms with Gasteiger partial charge in [0.25, 0.3) is 5.56 Å². The van der Waals surface area contributed by atoms with E-state index in [4.69, 9.17) is 5.73 Å². The predicted molar refractivity (Wildman–Crippen MR) is 64.0 cm³/mol. The van der Waals surface area contributed by atoms with Gasteiger partial charge in [-0.2, -0.15) is 0 Å². The van der Waals surface area contributed by atoms with E-state index in [1.807, 2.05) is 0 Å². The maximum atomic E-state index is 11.8. The van der Waals surface area contributed by atoms with Gasteiger partial charge in [0, 0.05) is 18.7 Å². The third-order valence-corrected chi connectivity index (χ3v) is 3.91. The number of nitrogens with two attached hydrogens (primary N) is 1. The summed E-state index contributed by atoms with van der Waals surface area (Å²) in [5, 5.41) is 0. The molecule has 2 fully saturated rings. The van der Waals surface area contributed by atoms with Gasteiger partial charge in [-0.3, -0.25) is 19.2 Å².